The molecule has 0 heterocycles. The number of hydrogen-bond acceptors (Lipinski definition) is 4. The van der Waals surface area contributed by atoms with Crippen LogP contribution in [0, 0.1) is 28.6 Å². The SMILES string of the molecule is COC1(OC)CC[C@@]2(C)[C@@H](CC[C@@H]3[C@@H]2CC[C@]2(C)C(=O)CC[C@@]32O)C1. The standard InChI is InChI=1S/C21H34O4/c1-18-11-12-20(24-3,25-4)13-14(18)5-6-16-15(18)7-9-19(2)17(22)8-10-21(16,19)23/h14-16,23H,5-13H2,1-4H3/t14-,15-,16+,18-,19+,21+/m0/s1. The first-order valence-electron chi connectivity index (χ1n) is 10.1. The van der Waals surface area contributed by atoms with Crippen LogP contribution in [-0.2, 0) is 14.3 Å². The van der Waals surface area contributed by atoms with E-state index in [9.17, 15) is 9.90 Å². The lowest BCUT2D eigenvalue weighted by molar-refractivity contribution is -0.269. The van der Waals surface area contributed by atoms with Crippen LogP contribution in [0.5, 0.6) is 0 Å². The molecular weight excluding hydrogens is 316 g/mol. The van der Waals surface area contributed by atoms with E-state index < -0.39 is 16.8 Å². The minimum absolute atomic E-state index is 0.228. The zero-order valence-electron chi connectivity index (χ0n) is 16.3. The van der Waals surface area contributed by atoms with Crippen molar-refractivity contribution in [3.8, 4) is 0 Å². The molecule has 1 N–H and O–H groups in total. The Bertz CT molecular complexity index is 570. The zero-order valence-corrected chi connectivity index (χ0v) is 16.3. The van der Waals surface area contributed by atoms with Crippen LogP contribution in [0.3, 0.4) is 0 Å². The van der Waals surface area contributed by atoms with Gasteiger partial charge in [-0.05, 0) is 68.6 Å². The van der Waals surface area contributed by atoms with Gasteiger partial charge in [0.15, 0.2) is 5.79 Å². The molecular formula is C21H34O4. The van der Waals surface area contributed by atoms with E-state index in [1.807, 2.05) is 6.92 Å². The predicted octanol–water partition coefficient (Wildman–Crippen LogP) is 3.70. The van der Waals surface area contributed by atoms with E-state index in [1.54, 1.807) is 14.2 Å². The van der Waals surface area contributed by atoms with Crippen molar-refractivity contribution >= 4 is 5.78 Å². The van der Waals surface area contributed by atoms with E-state index >= 15 is 0 Å². The van der Waals surface area contributed by atoms with Crippen molar-refractivity contribution in [1.82, 2.24) is 0 Å². The molecule has 4 heteroatoms. The summed E-state index contributed by atoms with van der Waals surface area (Å²) in [4.78, 5) is 12.5. The van der Waals surface area contributed by atoms with Crippen LogP contribution in [0.4, 0.5) is 0 Å². The maximum absolute atomic E-state index is 12.5. The third kappa shape index (κ3) is 2.14. The molecule has 0 aromatic rings. The Morgan fingerprint density at radius 2 is 1.68 bits per heavy atom. The Kier molecular flexibility index (Phi) is 3.97. The molecule has 0 aromatic heterocycles. The second kappa shape index (κ2) is 5.53. The van der Waals surface area contributed by atoms with E-state index in [4.69, 9.17) is 9.47 Å². The summed E-state index contributed by atoms with van der Waals surface area (Å²) < 4.78 is 11.5. The molecule has 0 aliphatic heterocycles. The van der Waals surface area contributed by atoms with Gasteiger partial charge in [0, 0.05) is 33.5 Å². The summed E-state index contributed by atoms with van der Waals surface area (Å²) in [6.07, 6.45) is 8.27. The Balaban J connectivity index is 1.65. The molecule has 0 radical (unpaired) electrons. The third-order valence-corrected chi connectivity index (χ3v) is 9.31. The van der Waals surface area contributed by atoms with Gasteiger partial charge in [0.1, 0.15) is 5.78 Å². The first-order chi connectivity index (χ1) is 11.7. The van der Waals surface area contributed by atoms with Gasteiger partial charge in [-0.25, -0.2) is 0 Å². The number of aliphatic hydroxyl groups is 1. The molecule has 0 spiro atoms. The maximum atomic E-state index is 12.5. The van der Waals surface area contributed by atoms with E-state index in [-0.39, 0.29) is 11.3 Å². The van der Waals surface area contributed by atoms with Crippen molar-refractivity contribution in [2.75, 3.05) is 14.2 Å². The number of Topliss-reactive ketones (excluding diaryl/α,β-unsaturated/α-hetero) is 1. The predicted molar refractivity (Wildman–Crippen MR) is 94.9 cm³/mol. The van der Waals surface area contributed by atoms with Crippen LogP contribution in [0.2, 0.25) is 0 Å². The highest BCUT2D eigenvalue weighted by molar-refractivity contribution is 5.88. The van der Waals surface area contributed by atoms with E-state index in [0.717, 1.165) is 44.9 Å². The van der Waals surface area contributed by atoms with Gasteiger partial charge in [-0.2, -0.15) is 0 Å². The first-order valence-corrected chi connectivity index (χ1v) is 10.1. The second-order valence-electron chi connectivity index (χ2n) is 9.73. The fourth-order valence-electron chi connectivity index (χ4n) is 7.38. The van der Waals surface area contributed by atoms with Crippen molar-refractivity contribution in [3.05, 3.63) is 0 Å². The van der Waals surface area contributed by atoms with Gasteiger partial charge in [0.05, 0.1) is 11.0 Å². The average Bonchev–Trinajstić information content (AvgIpc) is 2.86. The fraction of sp³-hybridized carbons (Fsp3) is 0.952. The highest BCUT2D eigenvalue weighted by Crippen LogP contribution is 2.67. The molecule has 4 fully saturated rings. The lowest BCUT2D eigenvalue weighted by atomic mass is 9.43. The Morgan fingerprint density at radius 1 is 0.960 bits per heavy atom. The van der Waals surface area contributed by atoms with Gasteiger partial charge >= 0.3 is 0 Å². The zero-order chi connectivity index (χ0) is 18.1. The molecule has 4 nitrogen and oxygen atoms in total. The number of ether oxygens (including phenoxy) is 2. The molecule has 4 aliphatic carbocycles. The van der Waals surface area contributed by atoms with Gasteiger partial charge in [0.25, 0.3) is 0 Å². The number of carbonyl (C=O) groups excluding carboxylic acids is 1. The number of carbonyl (C=O) groups is 1. The molecule has 0 aromatic carbocycles. The smallest absolute Gasteiger partial charge is 0.167 e. The lowest BCUT2D eigenvalue weighted by Gasteiger charge is -2.63. The summed E-state index contributed by atoms with van der Waals surface area (Å²) in [6, 6.07) is 0. The first kappa shape index (κ1) is 17.9. The van der Waals surface area contributed by atoms with Crippen molar-refractivity contribution < 1.29 is 19.4 Å². The molecule has 0 amide bonds. The third-order valence-electron chi connectivity index (χ3n) is 9.31. The molecule has 4 saturated carbocycles. The quantitative estimate of drug-likeness (QED) is 0.772. The molecule has 6 atom stereocenters. The van der Waals surface area contributed by atoms with E-state index in [1.165, 1.54) is 0 Å². The summed E-state index contributed by atoms with van der Waals surface area (Å²) in [7, 11) is 3.52. The Labute approximate surface area is 151 Å². The van der Waals surface area contributed by atoms with E-state index in [2.05, 4.69) is 6.92 Å². The van der Waals surface area contributed by atoms with Crippen LogP contribution in [0.15, 0.2) is 0 Å². The molecule has 142 valence electrons. The molecule has 25 heavy (non-hydrogen) atoms. The van der Waals surface area contributed by atoms with Crippen LogP contribution < -0.4 is 0 Å². The van der Waals surface area contributed by atoms with Crippen LogP contribution >= 0.6 is 0 Å². The lowest BCUT2D eigenvalue weighted by Crippen LogP contribution is -2.63. The van der Waals surface area contributed by atoms with E-state index in [0.29, 0.717) is 30.5 Å². The highest BCUT2D eigenvalue weighted by Gasteiger charge is 2.68. The van der Waals surface area contributed by atoms with Crippen molar-refractivity contribution in [2.45, 2.75) is 83.0 Å². The summed E-state index contributed by atoms with van der Waals surface area (Å²) in [5.74, 6) is 1.23. The maximum Gasteiger partial charge on any atom is 0.167 e. The Hall–Kier alpha value is -0.450. The minimum atomic E-state index is -0.780. The number of fused-ring (bicyclic) bond motifs is 5. The summed E-state index contributed by atoms with van der Waals surface area (Å²) in [5.41, 5.74) is -1.06. The second-order valence-corrected chi connectivity index (χ2v) is 9.73. The fourth-order valence-corrected chi connectivity index (χ4v) is 7.38. The molecule has 4 rings (SSSR count). The van der Waals surface area contributed by atoms with Gasteiger partial charge in [-0.3, -0.25) is 4.79 Å². The van der Waals surface area contributed by atoms with Gasteiger partial charge in [-0.15, -0.1) is 0 Å². The van der Waals surface area contributed by atoms with Gasteiger partial charge in [-0.1, -0.05) is 6.92 Å². The molecule has 0 saturated heterocycles. The van der Waals surface area contributed by atoms with Crippen molar-refractivity contribution in [2.24, 2.45) is 28.6 Å². The number of rotatable bonds is 2. The van der Waals surface area contributed by atoms with Gasteiger partial charge in [0.2, 0.25) is 0 Å². The van der Waals surface area contributed by atoms with Crippen LogP contribution in [0.1, 0.15) is 71.6 Å². The monoisotopic (exact) mass is 350 g/mol. The number of hydrogen-bond donors (Lipinski definition) is 1. The molecule has 0 unspecified atom stereocenters. The highest BCUT2D eigenvalue weighted by atomic mass is 16.7. The Morgan fingerprint density at radius 3 is 2.36 bits per heavy atom. The molecule has 4 aliphatic rings. The average molecular weight is 350 g/mol. The largest absolute Gasteiger partial charge is 0.389 e. The summed E-state index contributed by atoms with van der Waals surface area (Å²) >= 11 is 0. The van der Waals surface area contributed by atoms with Crippen molar-refractivity contribution in [3.63, 3.8) is 0 Å². The minimum Gasteiger partial charge on any atom is -0.389 e. The van der Waals surface area contributed by atoms with Crippen LogP contribution in [-0.4, -0.2) is 36.5 Å². The van der Waals surface area contributed by atoms with Crippen molar-refractivity contribution in [1.29, 1.82) is 0 Å². The summed E-state index contributed by atoms with van der Waals surface area (Å²) in [6.45, 7) is 4.47. The molecule has 0 bridgehead atoms. The van der Waals surface area contributed by atoms with Crippen LogP contribution in [0.25, 0.3) is 0 Å². The normalized spacial score (nSPS) is 51.6. The number of ketones is 1. The topological polar surface area (TPSA) is 55.8 Å². The summed E-state index contributed by atoms with van der Waals surface area (Å²) in [5, 5.41) is 11.7. The van der Waals surface area contributed by atoms with Gasteiger partial charge < -0.3 is 14.6 Å². The number of methoxy groups -OCH3 is 2.